The third kappa shape index (κ3) is 4.15. The third-order valence-corrected chi connectivity index (χ3v) is 5.21. The van der Waals surface area contributed by atoms with E-state index in [-0.39, 0.29) is 29.1 Å². The number of anilines is 1. The molecule has 7 nitrogen and oxygen atoms in total. The number of aromatic nitrogens is 5. The summed E-state index contributed by atoms with van der Waals surface area (Å²) in [6.07, 6.45) is 3.34. The van der Waals surface area contributed by atoms with Crippen LogP contribution in [0.1, 0.15) is 57.2 Å². The van der Waals surface area contributed by atoms with Crippen molar-refractivity contribution in [3.8, 4) is 0 Å². The number of fused-ring (bicyclic) bond motifs is 1. The SMILES string of the molecule is FC(F)(F)c1nc(NC2CCCCCC2)c2nnn(C[C@H]3CCCO3)c2n1. The Morgan fingerprint density at radius 1 is 1.04 bits per heavy atom. The van der Waals surface area contributed by atoms with Gasteiger partial charge in [0.2, 0.25) is 5.82 Å². The molecule has 2 aromatic rings. The Hall–Kier alpha value is -1.97. The molecule has 2 aromatic heterocycles. The van der Waals surface area contributed by atoms with Gasteiger partial charge in [-0.15, -0.1) is 5.10 Å². The Morgan fingerprint density at radius 2 is 1.81 bits per heavy atom. The van der Waals surface area contributed by atoms with Crippen molar-refractivity contribution < 1.29 is 17.9 Å². The highest BCUT2D eigenvalue weighted by molar-refractivity contribution is 5.82. The number of alkyl halides is 3. The first-order chi connectivity index (χ1) is 13.0. The number of halogens is 3. The van der Waals surface area contributed by atoms with Crippen molar-refractivity contribution in [1.82, 2.24) is 25.0 Å². The lowest BCUT2D eigenvalue weighted by molar-refractivity contribution is -0.144. The van der Waals surface area contributed by atoms with Crippen LogP contribution >= 0.6 is 0 Å². The van der Waals surface area contributed by atoms with Crippen molar-refractivity contribution in [2.24, 2.45) is 0 Å². The molecule has 1 atom stereocenters. The molecule has 2 fully saturated rings. The van der Waals surface area contributed by atoms with Crippen LogP contribution in [0, 0.1) is 0 Å². The summed E-state index contributed by atoms with van der Waals surface area (Å²) in [7, 11) is 0. The van der Waals surface area contributed by atoms with E-state index in [0.717, 1.165) is 51.4 Å². The summed E-state index contributed by atoms with van der Waals surface area (Å²) in [5.74, 6) is -1.04. The van der Waals surface area contributed by atoms with Crippen LogP contribution in [0.3, 0.4) is 0 Å². The maximum absolute atomic E-state index is 13.4. The van der Waals surface area contributed by atoms with Gasteiger partial charge in [0.15, 0.2) is 17.0 Å². The molecule has 0 radical (unpaired) electrons. The quantitative estimate of drug-likeness (QED) is 0.813. The highest BCUT2D eigenvalue weighted by atomic mass is 19.4. The average molecular weight is 384 g/mol. The van der Waals surface area contributed by atoms with Gasteiger partial charge in [0.25, 0.3) is 0 Å². The molecule has 0 aromatic carbocycles. The molecule has 0 amide bonds. The lowest BCUT2D eigenvalue weighted by Crippen LogP contribution is -2.22. The van der Waals surface area contributed by atoms with Crippen LogP contribution in [0.15, 0.2) is 0 Å². The predicted molar refractivity (Wildman–Crippen MR) is 92.2 cm³/mol. The summed E-state index contributed by atoms with van der Waals surface area (Å²) < 4.78 is 47.0. The van der Waals surface area contributed by atoms with E-state index in [9.17, 15) is 13.2 Å². The van der Waals surface area contributed by atoms with Crippen LogP contribution in [0.4, 0.5) is 19.0 Å². The van der Waals surface area contributed by atoms with E-state index < -0.39 is 12.0 Å². The monoisotopic (exact) mass is 384 g/mol. The summed E-state index contributed by atoms with van der Waals surface area (Å²) in [5.41, 5.74) is 0.384. The number of hydrogen-bond acceptors (Lipinski definition) is 6. The maximum Gasteiger partial charge on any atom is 0.451 e. The molecule has 27 heavy (non-hydrogen) atoms. The van der Waals surface area contributed by atoms with E-state index in [1.54, 1.807) is 0 Å². The fourth-order valence-corrected chi connectivity index (χ4v) is 3.80. The summed E-state index contributed by atoms with van der Waals surface area (Å²) >= 11 is 0. The van der Waals surface area contributed by atoms with Crippen molar-refractivity contribution in [2.45, 2.75) is 76.2 Å². The minimum absolute atomic E-state index is 0.0718. The number of rotatable bonds is 4. The zero-order valence-electron chi connectivity index (χ0n) is 15.0. The van der Waals surface area contributed by atoms with Gasteiger partial charge in [0.1, 0.15) is 0 Å². The summed E-state index contributed by atoms with van der Waals surface area (Å²) in [6, 6.07) is 0.0926. The highest BCUT2D eigenvalue weighted by Gasteiger charge is 2.37. The first-order valence-corrected chi connectivity index (χ1v) is 9.57. The Bertz CT molecular complexity index is 779. The molecule has 0 spiro atoms. The van der Waals surface area contributed by atoms with Crippen LogP contribution in [0.2, 0.25) is 0 Å². The molecule has 4 rings (SSSR count). The molecule has 0 bridgehead atoms. The van der Waals surface area contributed by atoms with Gasteiger partial charge in [0.05, 0.1) is 12.6 Å². The normalized spacial score (nSPS) is 22.3. The van der Waals surface area contributed by atoms with Crippen LogP contribution in [-0.2, 0) is 17.5 Å². The first kappa shape index (κ1) is 18.4. The lowest BCUT2D eigenvalue weighted by Gasteiger charge is -2.18. The van der Waals surface area contributed by atoms with E-state index in [4.69, 9.17) is 4.74 Å². The number of nitrogens with one attached hydrogen (secondary N) is 1. The first-order valence-electron chi connectivity index (χ1n) is 9.57. The molecule has 2 aliphatic rings. The van der Waals surface area contributed by atoms with Gasteiger partial charge in [0, 0.05) is 12.6 Å². The lowest BCUT2D eigenvalue weighted by atomic mass is 10.1. The van der Waals surface area contributed by atoms with Crippen molar-refractivity contribution in [3.63, 3.8) is 0 Å². The molecule has 3 heterocycles. The number of ether oxygens (including phenoxy) is 1. The topological polar surface area (TPSA) is 77.8 Å². The van der Waals surface area contributed by atoms with Crippen molar-refractivity contribution in [1.29, 1.82) is 0 Å². The van der Waals surface area contributed by atoms with E-state index in [0.29, 0.717) is 13.2 Å². The van der Waals surface area contributed by atoms with Crippen molar-refractivity contribution in [3.05, 3.63) is 5.82 Å². The summed E-state index contributed by atoms with van der Waals surface area (Å²) in [5, 5.41) is 11.3. The molecule has 1 aliphatic carbocycles. The molecule has 1 saturated carbocycles. The second-order valence-electron chi connectivity index (χ2n) is 7.31. The predicted octanol–water partition coefficient (Wildman–Crippen LogP) is 3.55. The van der Waals surface area contributed by atoms with Gasteiger partial charge in [-0.2, -0.15) is 13.2 Å². The summed E-state index contributed by atoms with van der Waals surface area (Å²) in [4.78, 5) is 7.47. The number of hydrogen-bond donors (Lipinski definition) is 1. The highest BCUT2D eigenvalue weighted by Crippen LogP contribution is 2.31. The minimum Gasteiger partial charge on any atom is -0.376 e. The zero-order chi connectivity index (χ0) is 18.9. The molecule has 1 saturated heterocycles. The molecule has 148 valence electrons. The molecule has 10 heteroatoms. The second-order valence-corrected chi connectivity index (χ2v) is 7.31. The second kappa shape index (κ2) is 7.57. The Balaban J connectivity index is 1.68. The largest absolute Gasteiger partial charge is 0.451 e. The van der Waals surface area contributed by atoms with Gasteiger partial charge in [-0.3, -0.25) is 0 Å². The fourth-order valence-electron chi connectivity index (χ4n) is 3.80. The standard InChI is InChI=1S/C17H23F3N6O/c18-17(19,20)16-22-14(21-11-6-3-1-2-4-7-11)13-15(23-16)26(25-24-13)10-12-8-5-9-27-12/h11-12H,1-10H2,(H,21,22,23)/t12-/m1/s1. The molecule has 0 unspecified atom stereocenters. The zero-order valence-corrected chi connectivity index (χ0v) is 15.0. The van der Waals surface area contributed by atoms with Gasteiger partial charge in [-0.25, -0.2) is 14.6 Å². The van der Waals surface area contributed by atoms with E-state index in [1.165, 1.54) is 4.68 Å². The van der Waals surface area contributed by atoms with Gasteiger partial charge in [-0.05, 0) is 25.7 Å². The molecular weight excluding hydrogens is 361 g/mol. The number of nitrogens with zero attached hydrogens (tertiary/aromatic N) is 5. The van der Waals surface area contributed by atoms with Crippen LogP contribution in [0.5, 0.6) is 0 Å². The van der Waals surface area contributed by atoms with Crippen molar-refractivity contribution in [2.75, 3.05) is 11.9 Å². The van der Waals surface area contributed by atoms with E-state index in [1.807, 2.05) is 0 Å². The summed E-state index contributed by atoms with van der Waals surface area (Å²) in [6.45, 7) is 1.00. The van der Waals surface area contributed by atoms with E-state index >= 15 is 0 Å². The molecule has 1 aliphatic heterocycles. The van der Waals surface area contributed by atoms with Gasteiger partial charge >= 0.3 is 6.18 Å². The molecular formula is C17H23F3N6O. The average Bonchev–Trinajstić information content (AvgIpc) is 3.20. The maximum atomic E-state index is 13.4. The van der Waals surface area contributed by atoms with Gasteiger partial charge in [-0.1, -0.05) is 30.9 Å². The van der Waals surface area contributed by atoms with Crippen LogP contribution in [-0.4, -0.2) is 43.7 Å². The van der Waals surface area contributed by atoms with Crippen LogP contribution < -0.4 is 5.32 Å². The Morgan fingerprint density at radius 3 is 2.48 bits per heavy atom. The minimum atomic E-state index is -4.63. The Kier molecular flexibility index (Phi) is 5.16. The third-order valence-electron chi connectivity index (χ3n) is 5.21. The van der Waals surface area contributed by atoms with Crippen molar-refractivity contribution >= 4 is 17.0 Å². The fraction of sp³-hybridized carbons (Fsp3) is 0.765. The van der Waals surface area contributed by atoms with Crippen LogP contribution in [0.25, 0.3) is 11.2 Å². The Labute approximate surface area is 154 Å². The smallest absolute Gasteiger partial charge is 0.376 e. The van der Waals surface area contributed by atoms with Gasteiger partial charge < -0.3 is 10.1 Å². The van der Waals surface area contributed by atoms with E-state index in [2.05, 4.69) is 25.6 Å². The molecule has 1 N–H and O–H groups in total.